The Bertz CT molecular complexity index is 425. The molecule has 0 radical (unpaired) electrons. The van der Waals surface area contributed by atoms with E-state index in [-0.39, 0.29) is 5.95 Å². The van der Waals surface area contributed by atoms with Crippen LogP contribution in [0, 0.1) is 0 Å². The number of nitrogens with zero attached hydrogens (tertiary/aromatic N) is 6. The second-order valence-electron chi connectivity index (χ2n) is 2.47. The van der Waals surface area contributed by atoms with Gasteiger partial charge < -0.3 is 11.6 Å². The van der Waals surface area contributed by atoms with Gasteiger partial charge in [0, 0.05) is 7.05 Å². The molecule has 8 heteroatoms. The van der Waals surface area contributed by atoms with Crippen LogP contribution in [-0.4, -0.2) is 29.9 Å². The summed E-state index contributed by atoms with van der Waals surface area (Å²) < 4.78 is 1.16. The van der Waals surface area contributed by atoms with Gasteiger partial charge in [0.2, 0.25) is 11.8 Å². The normalized spacial score (nSPS) is 10.5. The van der Waals surface area contributed by atoms with Crippen LogP contribution in [0.5, 0.6) is 0 Å². The van der Waals surface area contributed by atoms with E-state index in [4.69, 9.17) is 11.6 Å². The SMILES string of the molecule is Cn1ncc(-c2nnc(N)n2N)n1. The number of nitrogen functional groups attached to an aromatic ring is 2. The second-order valence-corrected chi connectivity index (χ2v) is 2.47. The van der Waals surface area contributed by atoms with Crippen molar-refractivity contribution >= 4 is 5.95 Å². The van der Waals surface area contributed by atoms with Gasteiger partial charge in [-0.2, -0.15) is 15.0 Å². The number of hydrogen-bond donors (Lipinski definition) is 2. The van der Waals surface area contributed by atoms with Gasteiger partial charge in [0.05, 0.1) is 6.20 Å². The van der Waals surface area contributed by atoms with Crippen LogP contribution in [0.4, 0.5) is 5.95 Å². The lowest BCUT2D eigenvalue weighted by atomic mass is 10.5. The molecule has 0 unspecified atom stereocenters. The van der Waals surface area contributed by atoms with Gasteiger partial charge in [-0.25, -0.2) is 4.68 Å². The zero-order valence-electron chi connectivity index (χ0n) is 6.92. The Balaban J connectivity index is 2.52. The molecular formula is C5H8N8. The fourth-order valence-electron chi connectivity index (χ4n) is 0.926. The van der Waals surface area contributed by atoms with Crippen molar-refractivity contribution in [2.24, 2.45) is 7.05 Å². The zero-order chi connectivity index (χ0) is 9.42. The molecule has 8 nitrogen and oxygen atoms in total. The third kappa shape index (κ3) is 1.08. The Morgan fingerprint density at radius 2 is 2.15 bits per heavy atom. The van der Waals surface area contributed by atoms with E-state index in [1.165, 1.54) is 11.0 Å². The molecule has 0 fully saturated rings. The zero-order valence-corrected chi connectivity index (χ0v) is 6.92. The molecule has 2 aromatic rings. The second kappa shape index (κ2) is 2.44. The molecule has 13 heavy (non-hydrogen) atoms. The molecule has 4 N–H and O–H groups in total. The Kier molecular flexibility index (Phi) is 1.41. The van der Waals surface area contributed by atoms with Crippen LogP contribution in [-0.2, 0) is 7.05 Å². The third-order valence-corrected chi connectivity index (χ3v) is 1.55. The van der Waals surface area contributed by atoms with Crippen molar-refractivity contribution in [2.45, 2.75) is 0 Å². The van der Waals surface area contributed by atoms with Gasteiger partial charge in [-0.05, 0) is 0 Å². The predicted molar refractivity (Wildman–Crippen MR) is 44.6 cm³/mol. The van der Waals surface area contributed by atoms with Crippen molar-refractivity contribution in [3.8, 4) is 11.5 Å². The van der Waals surface area contributed by atoms with Gasteiger partial charge in [-0.15, -0.1) is 10.2 Å². The third-order valence-electron chi connectivity index (χ3n) is 1.55. The topological polar surface area (TPSA) is 113 Å². The minimum absolute atomic E-state index is 0.139. The lowest BCUT2D eigenvalue weighted by Crippen LogP contribution is -2.13. The Morgan fingerprint density at radius 1 is 1.38 bits per heavy atom. The van der Waals surface area contributed by atoms with Gasteiger partial charge in [0.15, 0.2) is 5.69 Å². The summed E-state index contributed by atoms with van der Waals surface area (Å²) >= 11 is 0. The van der Waals surface area contributed by atoms with E-state index < -0.39 is 0 Å². The minimum Gasteiger partial charge on any atom is -0.366 e. The van der Waals surface area contributed by atoms with Crippen LogP contribution in [0.3, 0.4) is 0 Å². The Labute approximate surface area is 73.1 Å². The van der Waals surface area contributed by atoms with E-state index in [1.54, 1.807) is 7.05 Å². The molecule has 2 heterocycles. The van der Waals surface area contributed by atoms with E-state index in [0.717, 1.165) is 4.68 Å². The number of aromatic nitrogens is 6. The number of anilines is 1. The van der Waals surface area contributed by atoms with Crippen molar-refractivity contribution in [3.05, 3.63) is 6.20 Å². The molecule has 0 amide bonds. The summed E-state index contributed by atoms with van der Waals surface area (Å²) in [6, 6.07) is 0. The lowest BCUT2D eigenvalue weighted by Gasteiger charge is -1.95. The van der Waals surface area contributed by atoms with Gasteiger partial charge in [-0.3, -0.25) is 0 Å². The van der Waals surface area contributed by atoms with Crippen molar-refractivity contribution in [1.29, 1.82) is 0 Å². The maximum absolute atomic E-state index is 5.53. The first-order valence-corrected chi connectivity index (χ1v) is 3.51. The summed E-state index contributed by atoms with van der Waals surface area (Å²) in [5, 5.41) is 15.2. The van der Waals surface area contributed by atoms with Gasteiger partial charge in [-0.1, -0.05) is 0 Å². The van der Waals surface area contributed by atoms with E-state index in [1.807, 2.05) is 0 Å². The molecule has 0 aliphatic carbocycles. The average Bonchev–Trinajstić information content (AvgIpc) is 2.62. The molecule has 0 aliphatic heterocycles. The molecule has 2 aromatic heterocycles. The van der Waals surface area contributed by atoms with Gasteiger partial charge in [0.1, 0.15) is 0 Å². The van der Waals surface area contributed by atoms with Crippen LogP contribution in [0.2, 0.25) is 0 Å². The first-order valence-electron chi connectivity index (χ1n) is 3.51. The lowest BCUT2D eigenvalue weighted by molar-refractivity contribution is 0.654. The summed E-state index contributed by atoms with van der Waals surface area (Å²) in [6.45, 7) is 0. The fourth-order valence-corrected chi connectivity index (χ4v) is 0.926. The van der Waals surface area contributed by atoms with Crippen LogP contribution in [0.1, 0.15) is 0 Å². The van der Waals surface area contributed by atoms with Gasteiger partial charge in [0.25, 0.3) is 0 Å². The van der Waals surface area contributed by atoms with E-state index in [9.17, 15) is 0 Å². The van der Waals surface area contributed by atoms with E-state index >= 15 is 0 Å². The number of nitrogens with two attached hydrogens (primary N) is 2. The van der Waals surface area contributed by atoms with Crippen molar-refractivity contribution in [3.63, 3.8) is 0 Å². The summed E-state index contributed by atoms with van der Waals surface area (Å²) in [5.74, 6) is 6.07. The van der Waals surface area contributed by atoms with Crippen LogP contribution in [0.15, 0.2) is 6.20 Å². The summed E-state index contributed by atoms with van der Waals surface area (Å²) in [7, 11) is 1.70. The largest absolute Gasteiger partial charge is 0.366 e. The highest BCUT2D eigenvalue weighted by molar-refractivity contribution is 5.49. The quantitative estimate of drug-likeness (QED) is 0.509. The summed E-state index contributed by atoms with van der Waals surface area (Å²) in [4.78, 5) is 1.40. The molecule has 0 spiro atoms. The first kappa shape index (κ1) is 7.53. The molecule has 68 valence electrons. The molecule has 0 atom stereocenters. The predicted octanol–water partition coefficient (Wildman–Crippen LogP) is -1.63. The molecule has 0 saturated heterocycles. The number of rotatable bonds is 1. The maximum atomic E-state index is 5.53. The average molecular weight is 180 g/mol. The smallest absolute Gasteiger partial charge is 0.241 e. The van der Waals surface area contributed by atoms with Crippen LogP contribution >= 0.6 is 0 Å². The fraction of sp³-hybridized carbons (Fsp3) is 0.200. The molecule has 0 aliphatic rings. The standard InChI is InChI=1S/C5H8N8/c1-12-8-2-3(11-12)4-9-10-5(6)13(4)7/h2H,7H2,1H3,(H2,6,10). The molecule has 0 aromatic carbocycles. The Hall–Kier alpha value is -2.12. The maximum Gasteiger partial charge on any atom is 0.241 e. The van der Waals surface area contributed by atoms with Gasteiger partial charge >= 0.3 is 0 Å². The van der Waals surface area contributed by atoms with E-state index in [2.05, 4.69) is 20.4 Å². The van der Waals surface area contributed by atoms with E-state index in [0.29, 0.717) is 11.5 Å². The summed E-state index contributed by atoms with van der Waals surface area (Å²) in [6.07, 6.45) is 1.53. The molecule has 2 rings (SSSR count). The Morgan fingerprint density at radius 3 is 2.62 bits per heavy atom. The molecule has 0 bridgehead atoms. The van der Waals surface area contributed by atoms with Crippen LogP contribution in [0.25, 0.3) is 11.5 Å². The minimum atomic E-state index is 0.139. The number of aryl methyl sites for hydroxylation is 1. The van der Waals surface area contributed by atoms with Crippen molar-refractivity contribution in [1.82, 2.24) is 29.9 Å². The monoisotopic (exact) mass is 180 g/mol. The highest BCUT2D eigenvalue weighted by atomic mass is 15.5. The molecular weight excluding hydrogens is 172 g/mol. The van der Waals surface area contributed by atoms with Crippen molar-refractivity contribution in [2.75, 3.05) is 11.6 Å². The summed E-state index contributed by atoms with van der Waals surface area (Å²) in [5.41, 5.74) is 5.93. The number of hydrogen-bond acceptors (Lipinski definition) is 6. The highest BCUT2D eigenvalue weighted by Gasteiger charge is 2.11. The van der Waals surface area contributed by atoms with Crippen LogP contribution < -0.4 is 11.6 Å². The molecule has 0 saturated carbocycles. The first-order chi connectivity index (χ1) is 6.18. The van der Waals surface area contributed by atoms with Crippen molar-refractivity contribution < 1.29 is 0 Å². The highest BCUT2D eigenvalue weighted by Crippen LogP contribution is 2.11.